The number of hydrogen-bond acceptors (Lipinski definition) is 6. The molecule has 1 aliphatic heterocycles. The van der Waals surface area contributed by atoms with Crippen molar-refractivity contribution in [1.29, 1.82) is 0 Å². The Morgan fingerprint density at radius 2 is 1.62 bits per heavy atom. The minimum atomic E-state index is -0.759. The molecule has 1 aliphatic rings. The monoisotopic (exact) mass is 301 g/mol. The molecule has 0 aromatic carbocycles. The number of nitrogens with zero attached hydrogens (tertiary/aromatic N) is 1. The van der Waals surface area contributed by atoms with Crippen LogP contribution in [0.3, 0.4) is 0 Å². The van der Waals surface area contributed by atoms with E-state index in [4.69, 9.17) is 20.9 Å². The van der Waals surface area contributed by atoms with Gasteiger partial charge in [0, 0.05) is 19.6 Å². The number of carbonyl (C=O) groups excluding carboxylic acids is 2. The highest BCUT2D eigenvalue weighted by molar-refractivity contribution is 5.82. The van der Waals surface area contributed by atoms with Crippen molar-refractivity contribution in [3.05, 3.63) is 0 Å². The van der Waals surface area contributed by atoms with Crippen LogP contribution in [0.15, 0.2) is 0 Å². The maximum Gasteiger partial charge on any atom is 0.411 e. The van der Waals surface area contributed by atoms with E-state index in [9.17, 15) is 9.59 Å². The van der Waals surface area contributed by atoms with Crippen molar-refractivity contribution >= 4 is 12.1 Å². The first-order valence-electron chi connectivity index (χ1n) is 7.24. The van der Waals surface area contributed by atoms with Crippen LogP contribution in [0.4, 0.5) is 4.79 Å². The Hall–Kier alpha value is -1.34. The predicted octanol–water partition coefficient (Wildman–Crippen LogP) is 0.605. The van der Waals surface area contributed by atoms with E-state index in [1.54, 1.807) is 27.7 Å². The average molecular weight is 301 g/mol. The van der Waals surface area contributed by atoms with Crippen LogP contribution in [0.25, 0.3) is 0 Å². The molecule has 1 heterocycles. The summed E-state index contributed by atoms with van der Waals surface area (Å²) in [5, 5.41) is 0. The summed E-state index contributed by atoms with van der Waals surface area (Å²) >= 11 is 0. The molecule has 0 spiro atoms. The zero-order valence-electron chi connectivity index (χ0n) is 13.3. The lowest BCUT2D eigenvalue weighted by Crippen LogP contribution is -2.48. The first-order chi connectivity index (χ1) is 9.62. The van der Waals surface area contributed by atoms with Gasteiger partial charge in [-0.2, -0.15) is 0 Å². The van der Waals surface area contributed by atoms with Crippen LogP contribution >= 0.6 is 0 Å². The molecular formula is C14H27N3O4. The largest absolute Gasteiger partial charge is 0.457 e. The topological polar surface area (TPSA) is 108 Å². The number of likely N-dealkylation sites (tertiary alicyclic amines) is 1. The minimum absolute atomic E-state index is 0.210. The molecule has 1 amide bonds. The molecule has 4 N–H and O–H groups in total. The van der Waals surface area contributed by atoms with Crippen molar-refractivity contribution in [3.63, 3.8) is 0 Å². The van der Waals surface area contributed by atoms with E-state index in [-0.39, 0.29) is 13.1 Å². The standard InChI is InChI=1S/C14H27N3O4/c1-13(2,8-15)20-11(18)10-6-5-7-17(10)12(19)21-14(3,4)9-16/h10H,5-9,15-16H2,1-4H3. The van der Waals surface area contributed by atoms with Crippen LogP contribution in [-0.4, -0.2) is 53.8 Å². The second kappa shape index (κ2) is 6.62. The SMILES string of the molecule is CC(C)(CN)OC(=O)C1CCCN1C(=O)OC(C)(C)CN. The van der Waals surface area contributed by atoms with Gasteiger partial charge in [-0.05, 0) is 40.5 Å². The van der Waals surface area contributed by atoms with E-state index in [1.807, 2.05) is 0 Å². The summed E-state index contributed by atoms with van der Waals surface area (Å²) in [5.41, 5.74) is 9.60. The van der Waals surface area contributed by atoms with Crippen LogP contribution < -0.4 is 11.5 Å². The molecule has 21 heavy (non-hydrogen) atoms. The molecule has 1 rings (SSSR count). The molecule has 1 unspecified atom stereocenters. The fraction of sp³-hybridized carbons (Fsp3) is 0.857. The van der Waals surface area contributed by atoms with Gasteiger partial charge < -0.3 is 20.9 Å². The van der Waals surface area contributed by atoms with Gasteiger partial charge in [-0.1, -0.05) is 0 Å². The van der Waals surface area contributed by atoms with Crippen LogP contribution in [-0.2, 0) is 14.3 Å². The van der Waals surface area contributed by atoms with Gasteiger partial charge in [0.05, 0.1) is 0 Å². The molecule has 7 nitrogen and oxygen atoms in total. The van der Waals surface area contributed by atoms with Gasteiger partial charge in [-0.3, -0.25) is 4.90 Å². The second-order valence-corrected chi connectivity index (χ2v) is 6.57. The van der Waals surface area contributed by atoms with Crippen LogP contribution in [0.5, 0.6) is 0 Å². The van der Waals surface area contributed by atoms with Crippen LogP contribution in [0.2, 0.25) is 0 Å². The molecule has 122 valence electrons. The first-order valence-corrected chi connectivity index (χ1v) is 7.24. The number of rotatable bonds is 5. The van der Waals surface area contributed by atoms with Gasteiger partial charge in [0.1, 0.15) is 17.2 Å². The van der Waals surface area contributed by atoms with Gasteiger partial charge in [0.15, 0.2) is 0 Å². The van der Waals surface area contributed by atoms with Crippen molar-refractivity contribution < 1.29 is 19.1 Å². The summed E-state index contributed by atoms with van der Waals surface area (Å²) < 4.78 is 10.7. The molecule has 0 aliphatic carbocycles. The maximum absolute atomic E-state index is 12.2. The Morgan fingerprint density at radius 1 is 1.10 bits per heavy atom. The molecule has 0 radical (unpaired) electrons. The summed E-state index contributed by atoms with van der Waals surface area (Å²) in [7, 11) is 0. The van der Waals surface area contributed by atoms with E-state index in [0.29, 0.717) is 13.0 Å². The third-order valence-electron chi connectivity index (χ3n) is 3.48. The fourth-order valence-corrected chi connectivity index (χ4v) is 1.95. The molecule has 0 saturated carbocycles. The zero-order valence-corrected chi connectivity index (χ0v) is 13.3. The van der Waals surface area contributed by atoms with E-state index in [0.717, 1.165) is 6.42 Å². The lowest BCUT2D eigenvalue weighted by atomic mass is 10.1. The molecule has 1 atom stereocenters. The first kappa shape index (κ1) is 17.7. The molecule has 0 aromatic heterocycles. The van der Waals surface area contributed by atoms with E-state index < -0.39 is 29.3 Å². The second-order valence-electron chi connectivity index (χ2n) is 6.57. The normalized spacial score (nSPS) is 19.5. The zero-order chi connectivity index (χ0) is 16.3. The molecule has 1 fully saturated rings. The summed E-state index contributed by atoms with van der Waals surface area (Å²) in [5.74, 6) is -0.439. The summed E-state index contributed by atoms with van der Waals surface area (Å²) in [6.45, 7) is 7.83. The molecule has 1 saturated heterocycles. The van der Waals surface area contributed by atoms with E-state index in [2.05, 4.69) is 0 Å². The van der Waals surface area contributed by atoms with Crippen LogP contribution in [0, 0.1) is 0 Å². The quantitative estimate of drug-likeness (QED) is 0.720. The average Bonchev–Trinajstić information content (AvgIpc) is 2.87. The Bertz CT molecular complexity index is 360. The van der Waals surface area contributed by atoms with Crippen molar-refractivity contribution in [2.75, 3.05) is 19.6 Å². The lowest BCUT2D eigenvalue weighted by molar-refractivity contribution is -0.160. The van der Waals surface area contributed by atoms with Gasteiger partial charge in [0.25, 0.3) is 0 Å². The summed E-state index contributed by atoms with van der Waals surface area (Å²) in [6, 6.07) is -0.614. The highest BCUT2D eigenvalue weighted by Crippen LogP contribution is 2.23. The fourth-order valence-electron chi connectivity index (χ4n) is 1.95. The van der Waals surface area contributed by atoms with Gasteiger partial charge in [-0.25, -0.2) is 9.59 Å². The molecule has 7 heteroatoms. The number of hydrogen-bond donors (Lipinski definition) is 2. The van der Waals surface area contributed by atoms with Crippen molar-refractivity contribution in [1.82, 2.24) is 4.90 Å². The van der Waals surface area contributed by atoms with E-state index in [1.165, 1.54) is 4.90 Å². The third-order valence-corrected chi connectivity index (χ3v) is 3.48. The predicted molar refractivity (Wildman–Crippen MR) is 78.6 cm³/mol. The number of nitrogens with two attached hydrogens (primary N) is 2. The summed E-state index contributed by atoms with van der Waals surface area (Å²) in [6.07, 6.45) is 0.772. The Kier molecular flexibility index (Phi) is 5.58. The Morgan fingerprint density at radius 3 is 2.14 bits per heavy atom. The number of ether oxygens (including phenoxy) is 2. The molecule has 0 aromatic rings. The third kappa shape index (κ3) is 4.86. The molecular weight excluding hydrogens is 274 g/mol. The van der Waals surface area contributed by atoms with Crippen molar-refractivity contribution in [2.45, 2.75) is 57.8 Å². The maximum atomic E-state index is 12.2. The van der Waals surface area contributed by atoms with E-state index >= 15 is 0 Å². The van der Waals surface area contributed by atoms with Gasteiger partial charge in [-0.15, -0.1) is 0 Å². The Labute approximate surface area is 125 Å². The summed E-state index contributed by atoms with van der Waals surface area (Å²) in [4.78, 5) is 25.8. The van der Waals surface area contributed by atoms with Crippen LogP contribution in [0.1, 0.15) is 40.5 Å². The smallest absolute Gasteiger partial charge is 0.411 e. The van der Waals surface area contributed by atoms with Crippen molar-refractivity contribution in [2.24, 2.45) is 11.5 Å². The number of carbonyl (C=O) groups is 2. The lowest BCUT2D eigenvalue weighted by Gasteiger charge is -2.31. The number of amides is 1. The minimum Gasteiger partial charge on any atom is -0.457 e. The van der Waals surface area contributed by atoms with Gasteiger partial charge >= 0.3 is 12.1 Å². The number of esters is 1. The van der Waals surface area contributed by atoms with Crippen molar-refractivity contribution in [3.8, 4) is 0 Å². The van der Waals surface area contributed by atoms with Gasteiger partial charge in [0.2, 0.25) is 0 Å². The highest BCUT2D eigenvalue weighted by atomic mass is 16.6. The Balaban J connectivity index is 2.71. The highest BCUT2D eigenvalue weighted by Gasteiger charge is 2.39. The molecule has 0 bridgehead atoms.